The molecule has 28 heavy (non-hydrogen) atoms. The van der Waals surface area contributed by atoms with Crippen LogP contribution in [-0.4, -0.2) is 31.2 Å². The molecule has 1 heterocycles. The maximum atomic E-state index is 14.2. The van der Waals surface area contributed by atoms with Gasteiger partial charge in [0.1, 0.15) is 11.9 Å². The lowest BCUT2D eigenvalue weighted by Gasteiger charge is -2.28. The van der Waals surface area contributed by atoms with Crippen LogP contribution in [0.15, 0.2) is 47.3 Å². The molecule has 0 aliphatic heterocycles. The van der Waals surface area contributed by atoms with Gasteiger partial charge in [-0.2, -0.15) is 0 Å². The number of para-hydroxylation sites is 1. The van der Waals surface area contributed by atoms with Gasteiger partial charge in [0.15, 0.2) is 0 Å². The molecule has 0 saturated heterocycles. The first-order valence-corrected chi connectivity index (χ1v) is 10.9. The molecule has 2 aromatic carbocycles. The van der Waals surface area contributed by atoms with Crippen LogP contribution in [0.3, 0.4) is 0 Å². The second-order valence-corrected chi connectivity index (χ2v) is 9.14. The van der Waals surface area contributed by atoms with E-state index in [0.717, 1.165) is 33.5 Å². The number of rotatable bonds is 5. The highest BCUT2D eigenvalue weighted by molar-refractivity contribution is 7.92. The van der Waals surface area contributed by atoms with E-state index >= 15 is 0 Å². The van der Waals surface area contributed by atoms with Gasteiger partial charge in [-0.15, -0.1) is 0 Å². The zero-order chi connectivity index (χ0) is 20.6. The number of sulfonamides is 1. The van der Waals surface area contributed by atoms with Crippen LogP contribution in [0.5, 0.6) is 0 Å². The SMILES string of the molecule is C[C@@H](C(=O)Nc1ccc2c(c1)sc(=O)n2C)N(c1ccccc1F)S(C)(=O)=O. The van der Waals surface area contributed by atoms with Gasteiger partial charge in [0, 0.05) is 12.7 Å². The highest BCUT2D eigenvalue weighted by atomic mass is 32.2. The summed E-state index contributed by atoms with van der Waals surface area (Å²) in [6, 6.07) is 9.11. The third-order valence-corrected chi connectivity index (χ3v) is 6.46. The predicted molar refractivity (Wildman–Crippen MR) is 109 cm³/mol. The molecule has 0 radical (unpaired) electrons. The first-order chi connectivity index (χ1) is 13.1. The van der Waals surface area contributed by atoms with Crippen molar-refractivity contribution in [3.05, 3.63) is 57.9 Å². The van der Waals surface area contributed by atoms with Crippen molar-refractivity contribution in [3.63, 3.8) is 0 Å². The number of nitrogens with one attached hydrogen (secondary N) is 1. The van der Waals surface area contributed by atoms with Gasteiger partial charge < -0.3 is 9.88 Å². The third kappa shape index (κ3) is 3.78. The molecule has 0 aliphatic rings. The van der Waals surface area contributed by atoms with E-state index in [1.807, 2.05) is 0 Å². The number of anilines is 2. The Balaban J connectivity index is 1.92. The van der Waals surface area contributed by atoms with Crippen molar-refractivity contribution in [2.75, 3.05) is 15.9 Å². The molecule has 1 amide bonds. The van der Waals surface area contributed by atoms with E-state index in [2.05, 4.69) is 5.32 Å². The number of amides is 1. The smallest absolute Gasteiger partial charge is 0.307 e. The van der Waals surface area contributed by atoms with Crippen LogP contribution in [-0.2, 0) is 21.9 Å². The number of carbonyl (C=O) groups is 1. The molecule has 7 nitrogen and oxygen atoms in total. The highest BCUT2D eigenvalue weighted by Gasteiger charge is 2.31. The summed E-state index contributed by atoms with van der Waals surface area (Å²) in [7, 11) is -2.27. The minimum absolute atomic E-state index is 0.130. The maximum Gasteiger partial charge on any atom is 0.307 e. The Morgan fingerprint density at radius 3 is 2.57 bits per heavy atom. The molecule has 0 spiro atoms. The summed E-state index contributed by atoms with van der Waals surface area (Å²) in [5.74, 6) is -1.38. The van der Waals surface area contributed by atoms with E-state index in [1.165, 1.54) is 29.7 Å². The van der Waals surface area contributed by atoms with Gasteiger partial charge in [0.05, 0.1) is 22.2 Å². The number of nitrogens with zero attached hydrogens (tertiary/aromatic N) is 2. The van der Waals surface area contributed by atoms with Gasteiger partial charge in [-0.1, -0.05) is 23.5 Å². The Kier molecular flexibility index (Phi) is 5.26. The molecule has 0 aliphatic carbocycles. The summed E-state index contributed by atoms with van der Waals surface area (Å²) in [5.41, 5.74) is 0.933. The molecule has 1 N–H and O–H groups in total. The monoisotopic (exact) mass is 423 g/mol. The van der Waals surface area contributed by atoms with Gasteiger partial charge in [0.2, 0.25) is 15.9 Å². The van der Waals surface area contributed by atoms with Crippen molar-refractivity contribution >= 4 is 48.9 Å². The fourth-order valence-electron chi connectivity index (χ4n) is 2.87. The lowest BCUT2D eigenvalue weighted by atomic mass is 10.2. The number of hydrogen-bond donors (Lipinski definition) is 1. The summed E-state index contributed by atoms with van der Waals surface area (Å²) in [6.07, 6.45) is 0.913. The number of benzene rings is 2. The lowest BCUT2D eigenvalue weighted by molar-refractivity contribution is -0.116. The van der Waals surface area contributed by atoms with Crippen LogP contribution >= 0.6 is 11.3 Å². The summed E-state index contributed by atoms with van der Waals surface area (Å²) in [4.78, 5) is 24.3. The number of hydrogen-bond acceptors (Lipinski definition) is 5. The molecule has 0 fully saturated rings. The largest absolute Gasteiger partial charge is 0.324 e. The maximum absolute atomic E-state index is 14.2. The molecule has 0 unspecified atom stereocenters. The van der Waals surface area contributed by atoms with E-state index in [4.69, 9.17) is 0 Å². The van der Waals surface area contributed by atoms with Crippen LogP contribution in [0, 0.1) is 5.82 Å². The number of aryl methyl sites for hydroxylation is 1. The normalized spacial score (nSPS) is 12.7. The van der Waals surface area contributed by atoms with E-state index in [0.29, 0.717) is 10.4 Å². The summed E-state index contributed by atoms with van der Waals surface area (Å²) in [5, 5.41) is 2.63. The van der Waals surface area contributed by atoms with Gasteiger partial charge in [-0.3, -0.25) is 13.9 Å². The standard InChI is InChI=1S/C18H18FN3O4S2/c1-11(22(28(3,25)26)14-7-5-4-6-13(14)19)17(23)20-12-8-9-15-16(10-12)27-18(24)21(15)2/h4-11H,1-3H3,(H,20,23)/t11-/m0/s1. The molecule has 3 aromatic rings. The fraction of sp³-hybridized carbons (Fsp3) is 0.222. The van der Waals surface area contributed by atoms with Crippen LogP contribution in [0.2, 0.25) is 0 Å². The Hall–Kier alpha value is -2.72. The first-order valence-electron chi connectivity index (χ1n) is 8.24. The van der Waals surface area contributed by atoms with Gasteiger partial charge in [-0.05, 0) is 37.3 Å². The lowest BCUT2D eigenvalue weighted by Crippen LogP contribution is -2.45. The zero-order valence-electron chi connectivity index (χ0n) is 15.3. The number of aromatic nitrogens is 1. The quantitative estimate of drug-likeness (QED) is 0.683. The second kappa shape index (κ2) is 7.36. The molecular weight excluding hydrogens is 405 g/mol. The molecule has 3 rings (SSSR count). The molecule has 10 heteroatoms. The van der Waals surface area contributed by atoms with Crippen LogP contribution in [0.25, 0.3) is 10.2 Å². The molecule has 1 atom stereocenters. The molecular formula is C18H18FN3O4S2. The van der Waals surface area contributed by atoms with Gasteiger partial charge in [-0.25, -0.2) is 12.8 Å². The molecule has 148 valence electrons. The second-order valence-electron chi connectivity index (χ2n) is 6.28. The predicted octanol–water partition coefficient (Wildman–Crippen LogP) is 2.53. The average molecular weight is 423 g/mol. The third-order valence-electron chi connectivity index (χ3n) is 4.24. The van der Waals surface area contributed by atoms with Crippen molar-refractivity contribution < 1.29 is 17.6 Å². The van der Waals surface area contributed by atoms with Crippen molar-refractivity contribution in [2.24, 2.45) is 7.05 Å². The number of halogens is 1. The molecule has 0 bridgehead atoms. The van der Waals surface area contributed by atoms with Gasteiger partial charge in [0.25, 0.3) is 0 Å². The van der Waals surface area contributed by atoms with Gasteiger partial charge >= 0.3 is 4.87 Å². The minimum atomic E-state index is -3.92. The Morgan fingerprint density at radius 2 is 1.93 bits per heavy atom. The summed E-state index contributed by atoms with van der Waals surface area (Å²) < 4.78 is 41.6. The van der Waals surface area contributed by atoms with Crippen LogP contribution in [0.4, 0.5) is 15.8 Å². The van der Waals surface area contributed by atoms with Crippen molar-refractivity contribution in [1.82, 2.24) is 4.57 Å². The van der Waals surface area contributed by atoms with E-state index in [9.17, 15) is 22.4 Å². The van der Waals surface area contributed by atoms with Crippen molar-refractivity contribution in [1.29, 1.82) is 0 Å². The Labute approximate surface area is 165 Å². The number of carbonyl (C=O) groups excluding carboxylic acids is 1. The fourth-order valence-corrected chi connectivity index (χ4v) is 4.96. The van der Waals surface area contributed by atoms with Crippen LogP contribution < -0.4 is 14.5 Å². The average Bonchev–Trinajstić information content (AvgIpc) is 2.89. The summed E-state index contributed by atoms with van der Waals surface area (Å²) >= 11 is 1.04. The van der Waals surface area contributed by atoms with E-state index in [-0.39, 0.29) is 10.6 Å². The summed E-state index contributed by atoms with van der Waals surface area (Å²) in [6.45, 7) is 1.38. The van der Waals surface area contributed by atoms with Crippen molar-refractivity contribution in [2.45, 2.75) is 13.0 Å². The molecule has 0 saturated carbocycles. The minimum Gasteiger partial charge on any atom is -0.324 e. The molecule has 1 aromatic heterocycles. The Bertz CT molecular complexity index is 1220. The topological polar surface area (TPSA) is 88.5 Å². The van der Waals surface area contributed by atoms with E-state index in [1.54, 1.807) is 25.2 Å². The van der Waals surface area contributed by atoms with E-state index < -0.39 is 27.8 Å². The zero-order valence-corrected chi connectivity index (χ0v) is 17.0. The van der Waals surface area contributed by atoms with Crippen LogP contribution in [0.1, 0.15) is 6.92 Å². The van der Waals surface area contributed by atoms with Crippen molar-refractivity contribution in [3.8, 4) is 0 Å². The highest BCUT2D eigenvalue weighted by Crippen LogP contribution is 2.25. The Morgan fingerprint density at radius 1 is 1.25 bits per heavy atom. The number of fused-ring (bicyclic) bond motifs is 1. The first kappa shape index (κ1) is 20.0. The number of thiazole rings is 1.